The van der Waals surface area contributed by atoms with Gasteiger partial charge in [0.05, 0.1) is 28.8 Å². The fourth-order valence-corrected chi connectivity index (χ4v) is 3.27. The fourth-order valence-electron chi connectivity index (χ4n) is 1.78. The molecule has 0 aliphatic carbocycles. The maximum absolute atomic E-state index is 5.20. The highest BCUT2D eigenvalue weighted by atomic mass is 32.2. The Labute approximate surface area is 119 Å². The minimum atomic E-state index is 0.835. The van der Waals surface area contributed by atoms with E-state index in [9.17, 15) is 0 Å². The lowest BCUT2D eigenvalue weighted by Crippen LogP contribution is -1.82. The van der Waals surface area contributed by atoms with Gasteiger partial charge in [-0.25, -0.2) is 9.97 Å². The molecule has 0 saturated carbocycles. The van der Waals surface area contributed by atoms with Gasteiger partial charge in [0.15, 0.2) is 5.16 Å². The molecule has 0 saturated heterocycles. The van der Waals surface area contributed by atoms with Crippen LogP contribution >= 0.6 is 23.1 Å². The van der Waals surface area contributed by atoms with Crippen molar-refractivity contribution in [3.05, 3.63) is 34.3 Å². The summed E-state index contributed by atoms with van der Waals surface area (Å²) in [5, 5.41) is 4.10. The average Bonchev–Trinajstić information content (AvgIpc) is 3.01. The molecule has 98 valence electrons. The summed E-state index contributed by atoms with van der Waals surface area (Å²) in [5.74, 6) is 1.67. The largest absolute Gasteiger partial charge is 0.497 e. The Balaban J connectivity index is 1.77. The zero-order valence-corrected chi connectivity index (χ0v) is 12.3. The highest BCUT2D eigenvalue weighted by molar-refractivity contribution is 7.98. The van der Waals surface area contributed by atoms with Crippen LogP contribution in [0.2, 0.25) is 0 Å². The van der Waals surface area contributed by atoms with E-state index in [-0.39, 0.29) is 0 Å². The first-order valence-electron chi connectivity index (χ1n) is 5.82. The van der Waals surface area contributed by atoms with Crippen molar-refractivity contribution in [1.82, 2.24) is 15.0 Å². The molecule has 19 heavy (non-hydrogen) atoms. The number of fused-ring (bicyclic) bond motifs is 1. The molecule has 3 rings (SSSR count). The maximum atomic E-state index is 5.20. The predicted molar refractivity (Wildman–Crippen MR) is 79.1 cm³/mol. The SMILES string of the molecule is COc1ccc2nc(SCc3csc(C)n3)[nH]c2c1. The summed E-state index contributed by atoms with van der Waals surface area (Å²) in [7, 11) is 1.66. The summed E-state index contributed by atoms with van der Waals surface area (Å²) in [5.41, 5.74) is 3.06. The van der Waals surface area contributed by atoms with Gasteiger partial charge in [0.1, 0.15) is 5.75 Å². The van der Waals surface area contributed by atoms with Crippen LogP contribution < -0.4 is 4.74 Å². The molecule has 0 fully saturated rings. The molecule has 0 aliphatic rings. The van der Waals surface area contributed by atoms with Crippen LogP contribution in [0.15, 0.2) is 28.7 Å². The molecule has 4 nitrogen and oxygen atoms in total. The molecule has 0 atom stereocenters. The van der Waals surface area contributed by atoms with Crippen molar-refractivity contribution in [2.24, 2.45) is 0 Å². The van der Waals surface area contributed by atoms with Crippen LogP contribution in [0.5, 0.6) is 5.75 Å². The van der Waals surface area contributed by atoms with Crippen LogP contribution in [-0.2, 0) is 5.75 Å². The van der Waals surface area contributed by atoms with Gasteiger partial charge in [-0.1, -0.05) is 11.8 Å². The first-order chi connectivity index (χ1) is 9.24. The summed E-state index contributed by atoms with van der Waals surface area (Å²) in [6.45, 7) is 2.02. The smallest absolute Gasteiger partial charge is 0.166 e. The summed E-state index contributed by atoms with van der Waals surface area (Å²) in [6.07, 6.45) is 0. The number of thioether (sulfide) groups is 1. The van der Waals surface area contributed by atoms with E-state index < -0.39 is 0 Å². The molecule has 0 spiro atoms. The second-order valence-corrected chi connectivity index (χ2v) is 6.10. The Bertz CT molecular complexity index is 705. The number of ether oxygens (including phenoxy) is 1. The summed E-state index contributed by atoms with van der Waals surface area (Å²) in [4.78, 5) is 12.3. The number of thiazole rings is 1. The summed E-state index contributed by atoms with van der Waals surface area (Å²) in [6, 6.07) is 5.84. The van der Waals surface area contributed by atoms with E-state index in [2.05, 4.69) is 20.3 Å². The van der Waals surface area contributed by atoms with Crippen molar-refractivity contribution >= 4 is 34.1 Å². The molecule has 2 heterocycles. The van der Waals surface area contributed by atoms with Gasteiger partial charge in [-0.2, -0.15) is 0 Å². The minimum absolute atomic E-state index is 0.835. The molecular formula is C13H13N3OS2. The third-order valence-electron chi connectivity index (χ3n) is 2.69. The van der Waals surface area contributed by atoms with E-state index in [1.807, 2.05) is 25.1 Å². The zero-order chi connectivity index (χ0) is 13.2. The second kappa shape index (κ2) is 5.22. The van der Waals surface area contributed by atoms with E-state index in [1.54, 1.807) is 30.2 Å². The normalized spacial score (nSPS) is 11.1. The number of hydrogen-bond acceptors (Lipinski definition) is 5. The van der Waals surface area contributed by atoms with Crippen molar-refractivity contribution in [1.29, 1.82) is 0 Å². The van der Waals surface area contributed by atoms with Crippen LogP contribution in [0.1, 0.15) is 10.7 Å². The van der Waals surface area contributed by atoms with Crippen LogP contribution in [0.4, 0.5) is 0 Å². The lowest BCUT2D eigenvalue weighted by molar-refractivity contribution is 0.415. The van der Waals surface area contributed by atoms with Crippen molar-refractivity contribution in [2.45, 2.75) is 17.8 Å². The van der Waals surface area contributed by atoms with E-state index in [0.29, 0.717) is 0 Å². The molecule has 0 radical (unpaired) electrons. The van der Waals surface area contributed by atoms with E-state index in [0.717, 1.165) is 38.4 Å². The Hall–Kier alpha value is -1.53. The highest BCUT2D eigenvalue weighted by Gasteiger charge is 2.06. The minimum Gasteiger partial charge on any atom is -0.497 e. The van der Waals surface area contributed by atoms with E-state index in [1.165, 1.54) is 0 Å². The second-order valence-electron chi connectivity index (χ2n) is 4.07. The van der Waals surface area contributed by atoms with Crippen LogP contribution in [0, 0.1) is 6.92 Å². The molecule has 1 aromatic carbocycles. The third kappa shape index (κ3) is 2.74. The van der Waals surface area contributed by atoms with Crippen molar-refractivity contribution < 1.29 is 4.74 Å². The van der Waals surface area contributed by atoms with Crippen LogP contribution in [-0.4, -0.2) is 22.1 Å². The van der Waals surface area contributed by atoms with Gasteiger partial charge in [0, 0.05) is 17.2 Å². The molecule has 0 aliphatic heterocycles. The molecule has 0 bridgehead atoms. The number of nitrogens with one attached hydrogen (secondary N) is 1. The van der Waals surface area contributed by atoms with Crippen molar-refractivity contribution in [2.75, 3.05) is 7.11 Å². The number of aryl methyl sites for hydroxylation is 1. The lowest BCUT2D eigenvalue weighted by atomic mass is 10.3. The van der Waals surface area contributed by atoms with Gasteiger partial charge < -0.3 is 9.72 Å². The van der Waals surface area contributed by atoms with Gasteiger partial charge >= 0.3 is 0 Å². The standard InChI is InChI=1S/C13H13N3OS2/c1-8-14-9(6-18-8)7-19-13-15-11-4-3-10(17-2)5-12(11)16-13/h3-6H,7H2,1-2H3,(H,15,16). The summed E-state index contributed by atoms with van der Waals surface area (Å²) >= 11 is 3.34. The van der Waals surface area contributed by atoms with Gasteiger partial charge in [-0.3, -0.25) is 0 Å². The van der Waals surface area contributed by atoms with Gasteiger partial charge in [0.25, 0.3) is 0 Å². The molecule has 2 aromatic heterocycles. The molecule has 1 N–H and O–H groups in total. The Morgan fingerprint density at radius 3 is 3.00 bits per heavy atom. The number of aromatic amines is 1. The number of imidazole rings is 1. The quantitative estimate of drug-likeness (QED) is 0.746. The third-order valence-corrected chi connectivity index (χ3v) is 4.42. The fraction of sp³-hybridized carbons (Fsp3) is 0.231. The number of methoxy groups -OCH3 is 1. The van der Waals surface area contributed by atoms with Gasteiger partial charge in [0.2, 0.25) is 0 Å². The number of nitrogens with zero attached hydrogens (tertiary/aromatic N) is 2. The number of hydrogen-bond donors (Lipinski definition) is 1. The molecule has 0 amide bonds. The van der Waals surface area contributed by atoms with Gasteiger partial charge in [-0.05, 0) is 19.1 Å². The molecular weight excluding hydrogens is 278 g/mol. The number of H-pyrrole nitrogens is 1. The molecule has 6 heteroatoms. The number of aromatic nitrogens is 3. The zero-order valence-electron chi connectivity index (χ0n) is 10.6. The highest BCUT2D eigenvalue weighted by Crippen LogP contribution is 2.25. The monoisotopic (exact) mass is 291 g/mol. The van der Waals surface area contributed by atoms with Crippen LogP contribution in [0.25, 0.3) is 11.0 Å². The lowest BCUT2D eigenvalue weighted by Gasteiger charge is -1.96. The summed E-state index contributed by atoms with van der Waals surface area (Å²) < 4.78 is 5.20. The Kier molecular flexibility index (Phi) is 3.44. The first kappa shape index (κ1) is 12.5. The van der Waals surface area contributed by atoms with Crippen LogP contribution in [0.3, 0.4) is 0 Å². The molecule has 0 unspecified atom stereocenters. The Morgan fingerprint density at radius 2 is 2.26 bits per heavy atom. The van der Waals surface area contributed by atoms with Crippen molar-refractivity contribution in [3.63, 3.8) is 0 Å². The van der Waals surface area contributed by atoms with Gasteiger partial charge in [-0.15, -0.1) is 11.3 Å². The average molecular weight is 291 g/mol. The van der Waals surface area contributed by atoms with E-state index in [4.69, 9.17) is 4.74 Å². The molecule has 3 aromatic rings. The first-order valence-corrected chi connectivity index (χ1v) is 7.68. The van der Waals surface area contributed by atoms with Crippen molar-refractivity contribution in [3.8, 4) is 5.75 Å². The number of rotatable bonds is 4. The Morgan fingerprint density at radius 1 is 1.37 bits per heavy atom. The van der Waals surface area contributed by atoms with E-state index >= 15 is 0 Å². The topological polar surface area (TPSA) is 50.8 Å². The maximum Gasteiger partial charge on any atom is 0.166 e. The number of benzene rings is 1. The predicted octanol–water partition coefficient (Wildman–Crippen LogP) is 3.63.